The molecule has 0 aliphatic heterocycles. The Bertz CT molecular complexity index is 177. The molecule has 0 heterocycles. The number of nitrogens with one attached hydrogen (secondary N) is 1. The van der Waals surface area contributed by atoms with Crippen molar-refractivity contribution >= 4 is 0 Å². The van der Waals surface area contributed by atoms with E-state index in [1.807, 2.05) is 0 Å². The molecule has 2 rings (SSSR count). The Morgan fingerprint density at radius 2 is 1.79 bits per heavy atom. The molecule has 82 valence electrons. The maximum atomic E-state index is 9.72. The summed E-state index contributed by atoms with van der Waals surface area (Å²) in [4.78, 5) is 0. The quantitative estimate of drug-likeness (QED) is 0.726. The third-order valence-electron chi connectivity index (χ3n) is 4.06. The van der Waals surface area contributed by atoms with E-state index in [1.165, 1.54) is 32.1 Å². The molecule has 2 saturated carbocycles. The highest BCUT2D eigenvalue weighted by molar-refractivity contribution is 4.87. The van der Waals surface area contributed by atoms with Crippen LogP contribution < -0.4 is 5.32 Å². The van der Waals surface area contributed by atoms with E-state index < -0.39 is 0 Å². The normalized spacial score (nSPS) is 36.4. The van der Waals surface area contributed by atoms with E-state index >= 15 is 0 Å². The van der Waals surface area contributed by atoms with Gasteiger partial charge >= 0.3 is 0 Å². The van der Waals surface area contributed by atoms with Crippen molar-refractivity contribution in [3.8, 4) is 0 Å². The van der Waals surface area contributed by atoms with Crippen LogP contribution >= 0.6 is 0 Å². The van der Waals surface area contributed by atoms with Gasteiger partial charge < -0.3 is 10.4 Å². The molecule has 14 heavy (non-hydrogen) atoms. The second-order valence-electron chi connectivity index (χ2n) is 5.10. The molecule has 0 aromatic rings. The number of hydrogen-bond acceptors (Lipinski definition) is 2. The smallest absolute Gasteiger partial charge is 0.0693 e. The third kappa shape index (κ3) is 2.29. The van der Waals surface area contributed by atoms with Crippen LogP contribution in [0, 0.1) is 5.92 Å². The minimum absolute atomic E-state index is 0.0844. The minimum atomic E-state index is -0.0844. The minimum Gasteiger partial charge on any atom is -0.392 e. The van der Waals surface area contributed by atoms with Gasteiger partial charge in [-0.15, -0.1) is 0 Å². The number of rotatable bonds is 3. The van der Waals surface area contributed by atoms with Crippen LogP contribution in [0.15, 0.2) is 0 Å². The van der Waals surface area contributed by atoms with Gasteiger partial charge in [-0.05, 0) is 44.9 Å². The largest absolute Gasteiger partial charge is 0.392 e. The summed E-state index contributed by atoms with van der Waals surface area (Å²) in [6.45, 7) is 2.29. The third-order valence-corrected chi connectivity index (χ3v) is 4.06. The highest BCUT2D eigenvalue weighted by Gasteiger charge is 2.29. The first-order chi connectivity index (χ1) is 6.77. The zero-order chi connectivity index (χ0) is 9.97. The first-order valence-corrected chi connectivity index (χ1v) is 6.21. The van der Waals surface area contributed by atoms with Gasteiger partial charge in [-0.1, -0.05) is 12.8 Å². The van der Waals surface area contributed by atoms with Gasteiger partial charge in [0.05, 0.1) is 6.10 Å². The van der Waals surface area contributed by atoms with Gasteiger partial charge in [0.1, 0.15) is 0 Å². The summed E-state index contributed by atoms with van der Waals surface area (Å²) in [6, 6.07) is 0.987. The zero-order valence-electron chi connectivity index (χ0n) is 9.21. The molecule has 2 fully saturated rings. The molecule has 0 aromatic carbocycles. The molecule has 0 saturated heterocycles. The van der Waals surface area contributed by atoms with Gasteiger partial charge in [0.15, 0.2) is 0 Å². The molecule has 0 bridgehead atoms. The molecule has 0 spiro atoms. The van der Waals surface area contributed by atoms with Crippen LogP contribution in [0.2, 0.25) is 0 Å². The molecule has 2 nitrogen and oxygen atoms in total. The Labute approximate surface area is 87.1 Å². The van der Waals surface area contributed by atoms with Crippen LogP contribution in [-0.4, -0.2) is 23.3 Å². The SMILES string of the molecule is CC(N[C@H]1CCC[C@@H]1O)C1CCCC1. The van der Waals surface area contributed by atoms with Gasteiger partial charge in [-0.25, -0.2) is 0 Å². The zero-order valence-corrected chi connectivity index (χ0v) is 9.21. The fraction of sp³-hybridized carbons (Fsp3) is 1.00. The average Bonchev–Trinajstić information content (AvgIpc) is 2.77. The number of aliphatic hydroxyl groups excluding tert-OH is 1. The molecule has 3 atom stereocenters. The summed E-state index contributed by atoms with van der Waals surface area (Å²) < 4.78 is 0. The summed E-state index contributed by atoms with van der Waals surface area (Å²) in [7, 11) is 0. The molecule has 1 unspecified atom stereocenters. The van der Waals surface area contributed by atoms with Gasteiger partial charge in [0.2, 0.25) is 0 Å². The van der Waals surface area contributed by atoms with Crippen LogP contribution in [0.25, 0.3) is 0 Å². The van der Waals surface area contributed by atoms with Crippen molar-refractivity contribution in [1.29, 1.82) is 0 Å². The van der Waals surface area contributed by atoms with Gasteiger partial charge in [-0.2, -0.15) is 0 Å². The Kier molecular flexibility index (Phi) is 3.45. The van der Waals surface area contributed by atoms with E-state index in [0.717, 1.165) is 18.8 Å². The van der Waals surface area contributed by atoms with Crippen molar-refractivity contribution in [2.75, 3.05) is 0 Å². The number of aliphatic hydroxyl groups is 1. The first kappa shape index (κ1) is 10.4. The summed E-state index contributed by atoms with van der Waals surface area (Å²) in [6.07, 6.45) is 8.85. The molecule has 2 heteroatoms. The molecule has 0 radical (unpaired) electrons. The Morgan fingerprint density at radius 3 is 2.36 bits per heavy atom. The van der Waals surface area contributed by atoms with E-state index in [1.54, 1.807) is 0 Å². The van der Waals surface area contributed by atoms with E-state index in [2.05, 4.69) is 12.2 Å². The van der Waals surface area contributed by atoms with Crippen molar-refractivity contribution in [2.45, 2.75) is 70.1 Å². The lowest BCUT2D eigenvalue weighted by molar-refractivity contribution is 0.138. The second-order valence-corrected chi connectivity index (χ2v) is 5.10. The van der Waals surface area contributed by atoms with Crippen molar-refractivity contribution in [3.63, 3.8) is 0 Å². The Balaban J connectivity index is 1.78. The molecule has 2 aliphatic carbocycles. The highest BCUT2D eigenvalue weighted by atomic mass is 16.3. The topological polar surface area (TPSA) is 32.3 Å². The van der Waals surface area contributed by atoms with Crippen molar-refractivity contribution < 1.29 is 5.11 Å². The van der Waals surface area contributed by atoms with Gasteiger partial charge in [0.25, 0.3) is 0 Å². The van der Waals surface area contributed by atoms with Crippen molar-refractivity contribution in [2.24, 2.45) is 5.92 Å². The molecule has 2 N–H and O–H groups in total. The van der Waals surface area contributed by atoms with Crippen molar-refractivity contribution in [1.82, 2.24) is 5.32 Å². The lowest BCUT2D eigenvalue weighted by Crippen LogP contribution is -2.44. The predicted octanol–water partition coefficient (Wildman–Crippen LogP) is 2.07. The van der Waals surface area contributed by atoms with Crippen LogP contribution in [0.3, 0.4) is 0 Å². The van der Waals surface area contributed by atoms with Crippen molar-refractivity contribution in [3.05, 3.63) is 0 Å². The van der Waals surface area contributed by atoms with E-state index in [9.17, 15) is 5.11 Å². The lowest BCUT2D eigenvalue weighted by Gasteiger charge is -2.26. The van der Waals surface area contributed by atoms with Gasteiger partial charge in [-0.3, -0.25) is 0 Å². The molecule has 2 aliphatic rings. The first-order valence-electron chi connectivity index (χ1n) is 6.21. The maximum Gasteiger partial charge on any atom is 0.0693 e. The second kappa shape index (κ2) is 4.63. The summed E-state index contributed by atoms with van der Waals surface area (Å²) in [5, 5.41) is 13.3. The maximum absolute atomic E-state index is 9.72. The van der Waals surface area contributed by atoms with Crippen LogP contribution in [0.1, 0.15) is 51.9 Å². The number of hydrogen-bond donors (Lipinski definition) is 2. The molecule has 0 aromatic heterocycles. The van der Waals surface area contributed by atoms with Crippen LogP contribution in [0.5, 0.6) is 0 Å². The van der Waals surface area contributed by atoms with E-state index in [-0.39, 0.29) is 6.10 Å². The van der Waals surface area contributed by atoms with Gasteiger partial charge in [0, 0.05) is 12.1 Å². The van der Waals surface area contributed by atoms with Crippen LogP contribution in [0.4, 0.5) is 0 Å². The molecular weight excluding hydrogens is 174 g/mol. The fourth-order valence-corrected chi connectivity index (χ4v) is 3.07. The van der Waals surface area contributed by atoms with Crippen LogP contribution in [-0.2, 0) is 0 Å². The fourth-order valence-electron chi connectivity index (χ4n) is 3.07. The van der Waals surface area contributed by atoms with E-state index in [0.29, 0.717) is 12.1 Å². The highest BCUT2D eigenvalue weighted by Crippen LogP contribution is 2.29. The monoisotopic (exact) mass is 197 g/mol. The Morgan fingerprint density at radius 1 is 1.07 bits per heavy atom. The standard InChI is InChI=1S/C12H23NO/c1-9(10-5-2-3-6-10)13-11-7-4-8-12(11)14/h9-14H,2-8H2,1H3/t9?,11-,12-/m0/s1. The average molecular weight is 197 g/mol. The predicted molar refractivity (Wildman–Crippen MR) is 58.2 cm³/mol. The summed E-state index contributed by atoms with van der Waals surface area (Å²) >= 11 is 0. The molecular formula is C12H23NO. The Hall–Kier alpha value is -0.0800. The summed E-state index contributed by atoms with van der Waals surface area (Å²) in [5.74, 6) is 0.864. The lowest BCUT2D eigenvalue weighted by atomic mass is 9.98. The molecule has 0 amide bonds. The summed E-state index contributed by atoms with van der Waals surface area (Å²) in [5.41, 5.74) is 0. The van der Waals surface area contributed by atoms with E-state index in [4.69, 9.17) is 0 Å².